The van der Waals surface area contributed by atoms with Gasteiger partial charge in [0.15, 0.2) is 0 Å². The minimum atomic E-state index is -0.472. The van der Waals surface area contributed by atoms with Crippen molar-refractivity contribution >= 4 is 46.2 Å². The molecule has 7 nitrogen and oxygen atoms in total. The molecule has 1 aliphatic heterocycles. The second-order valence-electron chi connectivity index (χ2n) is 5.09. The minimum Gasteiger partial charge on any atom is -0.351 e. The SMILES string of the molecule is O=[N+]([O-])c1c(Nc2ccc(Cl)cc2Cl)ncnc1N1CCCC1. The van der Waals surface area contributed by atoms with Crippen molar-refractivity contribution in [2.45, 2.75) is 12.8 Å². The van der Waals surface area contributed by atoms with E-state index in [0.717, 1.165) is 25.9 Å². The van der Waals surface area contributed by atoms with Gasteiger partial charge in [-0.1, -0.05) is 23.2 Å². The lowest BCUT2D eigenvalue weighted by molar-refractivity contribution is -0.383. The molecule has 2 heterocycles. The van der Waals surface area contributed by atoms with E-state index in [1.165, 1.54) is 6.33 Å². The first-order valence-corrected chi connectivity index (χ1v) is 7.78. The summed E-state index contributed by atoms with van der Waals surface area (Å²) in [6, 6.07) is 4.84. The van der Waals surface area contributed by atoms with Gasteiger partial charge in [0, 0.05) is 18.1 Å². The summed E-state index contributed by atoms with van der Waals surface area (Å²) in [7, 11) is 0. The largest absolute Gasteiger partial charge is 0.353 e. The number of halogens is 2. The van der Waals surface area contributed by atoms with Crippen LogP contribution >= 0.6 is 23.2 Å². The second-order valence-corrected chi connectivity index (χ2v) is 5.94. The van der Waals surface area contributed by atoms with E-state index >= 15 is 0 Å². The fraction of sp³-hybridized carbons (Fsp3) is 0.286. The third kappa shape index (κ3) is 3.30. The second kappa shape index (κ2) is 6.55. The minimum absolute atomic E-state index is 0.108. The summed E-state index contributed by atoms with van der Waals surface area (Å²) < 4.78 is 0. The molecule has 1 saturated heterocycles. The van der Waals surface area contributed by atoms with Gasteiger partial charge < -0.3 is 10.2 Å². The molecule has 23 heavy (non-hydrogen) atoms. The van der Waals surface area contributed by atoms with Crippen LogP contribution < -0.4 is 10.2 Å². The highest BCUT2D eigenvalue weighted by Gasteiger charge is 2.28. The number of nitro groups is 1. The molecule has 0 spiro atoms. The van der Waals surface area contributed by atoms with E-state index in [4.69, 9.17) is 23.2 Å². The fourth-order valence-corrected chi connectivity index (χ4v) is 2.96. The van der Waals surface area contributed by atoms with Gasteiger partial charge in [0.05, 0.1) is 15.6 Å². The molecule has 1 aromatic carbocycles. The maximum Gasteiger partial charge on any atom is 0.353 e. The van der Waals surface area contributed by atoms with Gasteiger partial charge in [-0.15, -0.1) is 0 Å². The summed E-state index contributed by atoms with van der Waals surface area (Å²) in [6.07, 6.45) is 3.30. The number of hydrogen-bond donors (Lipinski definition) is 1. The summed E-state index contributed by atoms with van der Waals surface area (Å²) in [4.78, 5) is 21.1. The Hall–Kier alpha value is -2.12. The van der Waals surface area contributed by atoms with E-state index in [9.17, 15) is 10.1 Å². The maximum atomic E-state index is 11.5. The topological polar surface area (TPSA) is 84.2 Å². The third-order valence-electron chi connectivity index (χ3n) is 3.58. The van der Waals surface area contributed by atoms with Crippen molar-refractivity contribution in [3.8, 4) is 0 Å². The number of nitrogens with zero attached hydrogens (tertiary/aromatic N) is 4. The highest BCUT2D eigenvalue weighted by Crippen LogP contribution is 2.36. The summed E-state index contributed by atoms with van der Waals surface area (Å²) in [6.45, 7) is 1.50. The van der Waals surface area contributed by atoms with E-state index < -0.39 is 4.92 Å². The molecule has 0 unspecified atom stereocenters. The van der Waals surface area contributed by atoms with Crippen molar-refractivity contribution in [3.63, 3.8) is 0 Å². The summed E-state index contributed by atoms with van der Waals surface area (Å²) >= 11 is 12.0. The number of aromatic nitrogens is 2. The van der Waals surface area contributed by atoms with Crippen LogP contribution in [0.4, 0.5) is 23.0 Å². The molecular formula is C14H13Cl2N5O2. The zero-order valence-electron chi connectivity index (χ0n) is 12.0. The lowest BCUT2D eigenvalue weighted by atomic mass is 10.3. The van der Waals surface area contributed by atoms with Crippen LogP contribution in [-0.2, 0) is 0 Å². The van der Waals surface area contributed by atoms with Gasteiger partial charge in [0.25, 0.3) is 0 Å². The quantitative estimate of drug-likeness (QED) is 0.659. The number of anilines is 3. The smallest absolute Gasteiger partial charge is 0.351 e. The standard InChI is InChI=1S/C14H13Cl2N5O2/c15-9-3-4-11(10(16)7-9)19-13-12(21(22)23)14(18-8-17-13)20-5-1-2-6-20/h3-4,7-8H,1-2,5-6H2,(H,17,18,19). The predicted octanol–water partition coefficient (Wildman–Crippen LogP) is 4.04. The molecule has 2 aromatic rings. The van der Waals surface area contributed by atoms with Crippen molar-refractivity contribution in [1.29, 1.82) is 0 Å². The van der Waals surface area contributed by atoms with Gasteiger partial charge in [-0.05, 0) is 31.0 Å². The Morgan fingerprint density at radius 3 is 2.61 bits per heavy atom. The van der Waals surface area contributed by atoms with Gasteiger partial charge in [-0.25, -0.2) is 9.97 Å². The van der Waals surface area contributed by atoms with E-state index in [-0.39, 0.29) is 11.5 Å². The average Bonchev–Trinajstić information content (AvgIpc) is 3.04. The van der Waals surface area contributed by atoms with Gasteiger partial charge in [-0.2, -0.15) is 0 Å². The highest BCUT2D eigenvalue weighted by atomic mass is 35.5. The first-order chi connectivity index (χ1) is 11.1. The van der Waals surface area contributed by atoms with Crippen molar-refractivity contribution in [2.24, 2.45) is 0 Å². The monoisotopic (exact) mass is 353 g/mol. The maximum absolute atomic E-state index is 11.5. The molecule has 1 aliphatic rings. The molecule has 0 bridgehead atoms. The molecule has 1 N–H and O–H groups in total. The Morgan fingerprint density at radius 1 is 1.22 bits per heavy atom. The zero-order valence-corrected chi connectivity index (χ0v) is 13.5. The van der Waals surface area contributed by atoms with Gasteiger partial charge in [-0.3, -0.25) is 10.1 Å². The van der Waals surface area contributed by atoms with Crippen molar-refractivity contribution < 1.29 is 4.92 Å². The van der Waals surface area contributed by atoms with Crippen molar-refractivity contribution in [3.05, 3.63) is 44.7 Å². The Balaban J connectivity index is 2.01. The van der Waals surface area contributed by atoms with Crippen molar-refractivity contribution in [2.75, 3.05) is 23.3 Å². The van der Waals surface area contributed by atoms with Crippen LogP contribution in [0.2, 0.25) is 10.0 Å². The molecule has 0 saturated carbocycles. The van der Waals surface area contributed by atoms with Crippen LogP contribution in [0.1, 0.15) is 12.8 Å². The summed E-state index contributed by atoms with van der Waals surface area (Å²) in [5.41, 5.74) is 0.339. The predicted molar refractivity (Wildman–Crippen MR) is 89.9 cm³/mol. The van der Waals surface area contributed by atoms with Crippen LogP contribution in [-0.4, -0.2) is 28.0 Å². The molecule has 0 aliphatic carbocycles. The first-order valence-electron chi connectivity index (χ1n) is 7.02. The normalized spacial score (nSPS) is 14.1. The zero-order chi connectivity index (χ0) is 16.4. The number of rotatable bonds is 4. The van der Waals surface area contributed by atoms with Crippen LogP contribution in [0.3, 0.4) is 0 Å². The van der Waals surface area contributed by atoms with Crippen LogP contribution in [0.25, 0.3) is 0 Å². The van der Waals surface area contributed by atoms with E-state index in [1.54, 1.807) is 18.2 Å². The Labute approximate surface area is 142 Å². The first kappa shape index (κ1) is 15.8. The third-order valence-corrected chi connectivity index (χ3v) is 4.12. The Morgan fingerprint density at radius 2 is 1.96 bits per heavy atom. The Bertz CT molecular complexity index is 750. The summed E-state index contributed by atoms with van der Waals surface area (Å²) in [5.74, 6) is 0.436. The molecule has 3 rings (SSSR count). The molecule has 0 radical (unpaired) electrons. The number of hydrogen-bond acceptors (Lipinski definition) is 6. The molecule has 1 aromatic heterocycles. The average molecular weight is 354 g/mol. The number of nitrogens with one attached hydrogen (secondary N) is 1. The molecule has 0 amide bonds. The number of benzene rings is 1. The van der Waals surface area contributed by atoms with E-state index in [2.05, 4.69) is 15.3 Å². The molecule has 1 fully saturated rings. The molecule has 120 valence electrons. The lowest BCUT2D eigenvalue weighted by Crippen LogP contribution is -2.21. The van der Waals surface area contributed by atoms with E-state index in [0.29, 0.717) is 21.6 Å². The summed E-state index contributed by atoms with van der Waals surface area (Å²) in [5, 5.41) is 15.3. The van der Waals surface area contributed by atoms with Gasteiger partial charge in [0.2, 0.25) is 11.6 Å². The van der Waals surface area contributed by atoms with Crippen LogP contribution in [0.15, 0.2) is 24.5 Å². The Kier molecular flexibility index (Phi) is 4.49. The molecule has 0 atom stereocenters. The highest BCUT2D eigenvalue weighted by molar-refractivity contribution is 6.36. The van der Waals surface area contributed by atoms with Gasteiger partial charge >= 0.3 is 5.69 Å². The molecule has 9 heteroatoms. The van der Waals surface area contributed by atoms with Gasteiger partial charge in [0.1, 0.15) is 6.33 Å². The van der Waals surface area contributed by atoms with Crippen LogP contribution in [0, 0.1) is 10.1 Å². The van der Waals surface area contributed by atoms with E-state index in [1.807, 2.05) is 4.90 Å². The lowest BCUT2D eigenvalue weighted by Gasteiger charge is -2.17. The molecular weight excluding hydrogens is 341 g/mol. The fourth-order valence-electron chi connectivity index (χ4n) is 2.51. The van der Waals surface area contributed by atoms with Crippen molar-refractivity contribution in [1.82, 2.24) is 9.97 Å². The van der Waals surface area contributed by atoms with Crippen LogP contribution in [0.5, 0.6) is 0 Å².